The molecule has 2 aliphatic heterocycles. The fourth-order valence-electron chi connectivity index (χ4n) is 6.15. The largest absolute Gasteiger partial charge is 0.378 e. The van der Waals surface area contributed by atoms with Crippen LogP contribution in [0.2, 0.25) is 0 Å². The molecule has 2 fully saturated rings. The number of carbonyl (C=O) groups excluding carboxylic acids is 2. The lowest BCUT2D eigenvalue weighted by Crippen LogP contribution is -2.49. The number of fused-ring (bicyclic) bond motifs is 5. The van der Waals surface area contributed by atoms with E-state index in [-0.39, 0.29) is 6.03 Å². The number of morpholine rings is 1. The van der Waals surface area contributed by atoms with Gasteiger partial charge in [-0.25, -0.2) is 4.79 Å². The Morgan fingerprint density at radius 2 is 1.74 bits per heavy atom. The van der Waals surface area contributed by atoms with Gasteiger partial charge in [0.05, 0.1) is 24.6 Å². The van der Waals surface area contributed by atoms with Crippen LogP contribution in [0.4, 0.5) is 10.5 Å². The summed E-state index contributed by atoms with van der Waals surface area (Å²) in [7, 11) is 0. The number of aldehydes is 1. The topological polar surface area (TPSA) is 54.8 Å². The number of aromatic nitrogens is 1. The highest BCUT2D eigenvalue weighted by Crippen LogP contribution is 2.47. The maximum absolute atomic E-state index is 13.6. The minimum Gasteiger partial charge on any atom is -0.378 e. The number of amides is 2. The van der Waals surface area contributed by atoms with Crippen molar-refractivity contribution in [2.45, 2.75) is 44.6 Å². The zero-order chi connectivity index (χ0) is 23.1. The van der Waals surface area contributed by atoms with Gasteiger partial charge in [-0.2, -0.15) is 0 Å². The smallest absolute Gasteiger partial charge is 0.324 e. The highest BCUT2D eigenvalue weighted by molar-refractivity contribution is 6.02. The number of carbonyl (C=O) groups is 2. The summed E-state index contributed by atoms with van der Waals surface area (Å²) in [5.74, 6) is 0.504. The third-order valence-electron chi connectivity index (χ3n) is 7.79. The van der Waals surface area contributed by atoms with Gasteiger partial charge in [0.2, 0.25) is 0 Å². The van der Waals surface area contributed by atoms with Gasteiger partial charge in [-0.1, -0.05) is 49.6 Å². The number of anilines is 1. The average molecular weight is 458 g/mol. The van der Waals surface area contributed by atoms with Gasteiger partial charge in [0.1, 0.15) is 6.29 Å². The van der Waals surface area contributed by atoms with Crippen molar-refractivity contribution in [3.05, 3.63) is 53.6 Å². The number of nitrogens with zero attached hydrogens (tertiary/aromatic N) is 3. The van der Waals surface area contributed by atoms with Gasteiger partial charge in [0.25, 0.3) is 0 Å². The number of hydrogen-bond donors (Lipinski definition) is 0. The molecule has 0 bridgehead atoms. The number of benzene rings is 2. The second-order valence-electron chi connectivity index (χ2n) is 9.69. The van der Waals surface area contributed by atoms with Crippen LogP contribution in [0.5, 0.6) is 0 Å². The fourth-order valence-corrected chi connectivity index (χ4v) is 6.15. The Morgan fingerprint density at radius 1 is 0.941 bits per heavy atom. The number of para-hydroxylation sites is 1. The molecule has 1 aliphatic carbocycles. The number of rotatable bonds is 2. The highest BCUT2D eigenvalue weighted by Gasteiger charge is 2.33. The van der Waals surface area contributed by atoms with Gasteiger partial charge in [-0.15, -0.1) is 0 Å². The lowest BCUT2D eigenvalue weighted by molar-refractivity contribution is 0.0548. The maximum Gasteiger partial charge on any atom is 0.324 e. The molecule has 0 atom stereocenters. The van der Waals surface area contributed by atoms with E-state index >= 15 is 0 Å². The zero-order valence-corrected chi connectivity index (χ0v) is 19.5. The van der Waals surface area contributed by atoms with Gasteiger partial charge in [-0.3, -0.25) is 9.69 Å². The predicted molar refractivity (Wildman–Crippen MR) is 134 cm³/mol. The molecule has 6 heteroatoms. The molecule has 34 heavy (non-hydrogen) atoms. The lowest BCUT2D eigenvalue weighted by atomic mass is 9.81. The molecule has 3 heterocycles. The van der Waals surface area contributed by atoms with Crippen LogP contribution >= 0.6 is 0 Å². The van der Waals surface area contributed by atoms with Crippen molar-refractivity contribution in [1.82, 2.24) is 9.47 Å². The van der Waals surface area contributed by atoms with Gasteiger partial charge in [0, 0.05) is 48.2 Å². The molecule has 3 aliphatic rings. The van der Waals surface area contributed by atoms with E-state index in [1.165, 1.54) is 48.7 Å². The highest BCUT2D eigenvalue weighted by atomic mass is 16.5. The Kier molecular flexibility index (Phi) is 5.61. The number of urea groups is 1. The van der Waals surface area contributed by atoms with E-state index in [0.717, 1.165) is 23.1 Å². The van der Waals surface area contributed by atoms with Crippen molar-refractivity contribution in [3.63, 3.8) is 0 Å². The van der Waals surface area contributed by atoms with Gasteiger partial charge >= 0.3 is 6.03 Å². The standard InChI is InChI=1S/C28H31N3O3/c32-19-20-10-11-22-25(18-20)30-12-13-31(28(33)29-14-16-34-17-15-29)24-9-5-4-8-23(24)27(30)26(22)21-6-2-1-3-7-21/h4-5,8-11,18-19,21H,1-3,6-7,12-17H2. The first-order valence-corrected chi connectivity index (χ1v) is 12.6. The Hall–Kier alpha value is -3.12. The fraction of sp³-hybridized carbons (Fsp3) is 0.429. The minimum absolute atomic E-state index is 0.0543. The van der Waals surface area contributed by atoms with Crippen LogP contribution in [0.25, 0.3) is 22.2 Å². The second-order valence-corrected chi connectivity index (χ2v) is 9.69. The Labute approximate surface area is 200 Å². The third-order valence-corrected chi connectivity index (χ3v) is 7.79. The molecule has 6 nitrogen and oxygen atoms in total. The maximum atomic E-state index is 13.6. The van der Waals surface area contributed by atoms with Crippen LogP contribution in [-0.2, 0) is 11.3 Å². The van der Waals surface area contributed by atoms with E-state index in [1.54, 1.807) is 0 Å². The van der Waals surface area contributed by atoms with E-state index in [4.69, 9.17) is 4.74 Å². The van der Waals surface area contributed by atoms with Crippen LogP contribution in [0.1, 0.15) is 53.9 Å². The first-order valence-electron chi connectivity index (χ1n) is 12.6. The van der Waals surface area contributed by atoms with E-state index < -0.39 is 0 Å². The van der Waals surface area contributed by atoms with Crippen molar-refractivity contribution in [3.8, 4) is 11.3 Å². The van der Waals surface area contributed by atoms with E-state index in [0.29, 0.717) is 50.9 Å². The summed E-state index contributed by atoms with van der Waals surface area (Å²) in [4.78, 5) is 29.1. The molecular weight excluding hydrogens is 426 g/mol. The summed E-state index contributed by atoms with van der Waals surface area (Å²) in [5, 5.41) is 1.26. The lowest BCUT2D eigenvalue weighted by Gasteiger charge is -2.33. The molecule has 0 spiro atoms. The summed E-state index contributed by atoms with van der Waals surface area (Å²) in [6, 6.07) is 14.5. The normalized spacial score (nSPS) is 18.9. The second kappa shape index (κ2) is 8.91. The predicted octanol–water partition coefficient (Wildman–Crippen LogP) is 5.44. The van der Waals surface area contributed by atoms with Crippen LogP contribution in [-0.4, -0.2) is 54.6 Å². The molecule has 3 aromatic rings. The summed E-state index contributed by atoms with van der Waals surface area (Å²) in [5.41, 5.74) is 6.54. The summed E-state index contributed by atoms with van der Waals surface area (Å²) >= 11 is 0. The van der Waals surface area contributed by atoms with Crippen molar-refractivity contribution in [1.29, 1.82) is 0 Å². The Bertz CT molecular complexity index is 1240. The number of hydrogen-bond acceptors (Lipinski definition) is 3. The molecule has 1 aromatic heterocycles. The molecule has 176 valence electrons. The monoisotopic (exact) mass is 457 g/mol. The zero-order valence-electron chi connectivity index (χ0n) is 19.5. The van der Waals surface area contributed by atoms with Crippen molar-refractivity contribution in [2.24, 2.45) is 0 Å². The van der Waals surface area contributed by atoms with Crippen LogP contribution in [0.3, 0.4) is 0 Å². The van der Waals surface area contributed by atoms with Crippen LogP contribution in [0, 0.1) is 0 Å². The van der Waals surface area contributed by atoms with Gasteiger partial charge in [0.15, 0.2) is 0 Å². The van der Waals surface area contributed by atoms with Crippen molar-refractivity contribution >= 4 is 28.9 Å². The van der Waals surface area contributed by atoms with Crippen molar-refractivity contribution in [2.75, 3.05) is 37.7 Å². The van der Waals surface area contributed by atoms with E-state index in [9.17, 15) is 9.59 Å². The van der Waals surface area contributed by atoms with Crippen LogP contribution < -0.4 is 4.90 Å². The molecule has 1 saturated carbocycles. The SMILES string of the molecule is O=Cc1ccc2c(C3CCCCC3)c3n(c2c1)CCN(C(=O)N1CCOCC1)c1ccccc1-3. The molecule has 2 amide bonds. The summed E-state index contributed by atoms with van der Waals surface area (Å²) in [6.45, 7) is 3.73. The molecule has 0 N–H and O–H groups in total. The first-order chi connectivity index (χ1) is 16.8. The Morgan fingerprint density at radius 3 is 2.53 bits per heavy atom. The molecular formula is C28H31N3O3. The quantitative estimate of drug-likeness (QED) is 0.482. The van der Waals surface area contributed by atoms with Gasteiger partial charge < -0.3 is 14.2 Å². The van der Waals surface area contributed by atoms with Gasteiger partial charge in [-0.05, 0) is 36.5 Å². The summed E-state index contributed by atoms with van der Waals surface area (Å²) in [6.07, 6.45) is 7.13. The minimum atomic E-state index is 0.0543. The molecule has 0 unspecified atom stereocenters. The molecule has 0 radical (unpaired) electrons. The number of ether oxygens (including phenoxy) is 1. The Balaban J connectivity index is 1.54. The first kappa shape index (κ1) is 21.4. The van der Waals surface area contributed by atoms with E-state index in [1.807, 2.05) is 28.0 Å². The molecule has 1 saturated heterocycles. The summed E-state index contributed by atoms with van der Waals surface area (Å²) < 4.78 is 7.85. The molecule has 6 rings (SSSR count). The third kappa shape index (κ3) is 3.52. The molecule has 2 aromatic carbocycles. The average Bonchev–Trinajstić information content (AvgIpc) is 3.13. The van der Waals surface area contributed by atoms with Crippen molar-refractivity contribution < 1.29 is 14.3 Å². The van der Waals surface area contributed by atoms with Crippen LogP contribution in [0.15, 0.2) is 42.5 Å². The van der Waals surface area contributed by atoms with E-state index in [2.05, 4.69) is 28.8 Å².